The van der Waals surface area contributed by atoms with E-state index in [1.165, 1.54) is 19.3 Å². The van der Waals surface area contributed by atoms with Crippen LogP contribution in [0.4, 0.5) is 0 Å². The maximum atomic E-state index is 12.9. The second kappa shape index (κ2) is 7.41. The van der Waals surface area contributed by atoms with Crippen LogP contribution in [0.1, 0.15) is 55.2 Å². The number of carbonyl (C=O) groups is 1. The minimum absolute atomic E-state index is 0.225. The number of aromatic amines is 1. The lowest BCUT2D eigenvalue weighted by Crippen LogP contribution is -2.39. The van der Waals surface area contributed by atoms with Gasteiger partial charge in [0.05, 0.1) is 6.42 Å². The Hall–Kier alpha value is -2.63. The van der Waals surface area contributed by atoms with E-state index >= 15 is 0 Å². The molecule has 1 N–H and O–H groups in total. The second-order valence-electron chi connectivity index (χ2n) is 8.13. The Balaban J connectivity index is 1.24. The van der Waals surface area contributed by atoms with E-state index in [1.807, 2.05) is 23.2 Å². The van der Waals surface area contributed by atoms with Crippen molar-refractivity contribution in [3.63, 3.8) is 0 Å². The third kappa shape index (κ3) is 3.21. The number of nitrogens with one attached hydrogen (secondary N) is 1. The number of nitrogens with zero attached hydrogens (tertiary/aromatic N) is 4. The van der Waals surface area contributed by atoms with Crippen LogP contribution < -0.4 is 0 Å². The molecule has 3 aromatic rings. The number of piperidine rings is 1. The Morgan fingerprint density at radius 2 is 1.93 bits per heavy atom. The quantitative estimate of drug-likeness (QED) is 0.760. The topological polar surface area (TPSA) is 66.8 Å². The largest absolute Gasteiger partial charge is 0.361 e. The number of hydrogen-bond acceptors (Lipinski definition) is 3. The Morgan fingerprint density at radius 3 is 2.82 bits per heavy atom. The zero-order chi connectivity index (χ0) is 18.9. The van der Waals surface area contributed by atoms with Gasteiger partial charge in [-0.3, -0.25) is 4.79 Å². The zero-order valence-electron chi connectivity index (χ0n) is 16.2. The van der Waals surface area contributed by atoms with Crippen LogP contribution in [0.15, 0.2) is 30.5 Å². The number of aromatic nitrogens is 4. The summed E-state index contributed by atoms with van der Waals surface area (Å²) in [6.45, 7) is 2.68. The van der Waals surface area contributed by atoms with Gasteiger partial charge in [-0.15, -0.1) is 10.2 Å². The van der Waals surface area contributed by atoms with Crippen molar-refractivity contribution in [1.82, 2.24) is 24.6 Å². The lowest BCUT2D eigenvalue weighted by Gasteiger charge is -2.31. The molecular formula is C22H27N5O. The lowest BCUT2D eigenvalue weighted by molar-refractivity contribution is -0.131. The first-order chi connectivity index (χ1) is 13.8. The van der Waals surface area contributed by atoms with Gasteiger partial charge in [-0.25, -0.2) is 0 Å². The highest BCUT2D eigenvalue weighted by molar-refractivity contribution is 5.88. The monoisotopic (exact) mass is 377 g/mol. The highest BCUT2D eigenvalue weighted by Crippen LogP contribution is 2.29. The molecule has 0 spiro atoms. The molecule has 1 fully saturated rings. The van der Waals surface area contributed by atoms with E-state index in [-0.39, 0.29) is 5.91 Å². The molecule has 146 valence electrons. The van der Waals surface area contributed by atoms with Gasteiger partial charge in [0.25, 0.3) is 0 Å². The van der Waals surface area contributed by atoms with Crippen LogP contribution in [0, 0.1) is 0 Å². The SMILES string of the molecule is O=C(Cc1c[nH]c2ccccc12)N1CCC(c2nnc3n2CCCCC3)CC1. The van der Waals surface area contributed by atoms with Crippen molar-refractivity contribution in [2.75, 3.05) is 13.1 Å². The van der Waals surface area contributed by atoms with Gasteiger partial charge < -0.3 is 14.5 Å². The van der Waals surface area contributed by atoms with Crippen molar-refractivity contribution in [3.8, 4) is 0 Å². The first kappa shape index (κ1) is 17.5. The first-order valence-corrected chi connectivity index (χ1v) is 10.5. The van der Waals surface area contributed by atoms with Gasteiger partial charge in [0.1, 0.15) is 11.6 Å². The third-order valence-corrected chi connectivity index (χ3v) is 6.37. The average molecular weight is 377 g/mol. The summed E-state index contributed by atoms with van der Waals surface area (Å²) < 4.78 is 2.36. The number of aryl methyl sites for hydroxylation is 1. The molecule has 2 aromatic heterocycles. The molecular weight excluding hydrogens is 350 g/mol. The van der Waals surface area contributed by atoms with Crippen molar-refractivity contribution >= 4 is 16.8 Å². The van der Waals surface area contributed by atoms with E-state index in [1.54, 1.807) is 0 Å². The number of para-hydroxylation sites is 1. The Kier molecular flexibility index (Phi) is 4.63. The van der Waals surface area contributed by atoms with E-state index in [0.717, 1.165) is 67.0 Å². The molecule has 0 atom stereocenters. The minimum Gasteiger partial charge on any atom is -0.361 e. The predicted octanol–water partition coefficient (Wildman–Crippen LogP) is 3.43. The molecule has 28 heavy (non-hydrogen) atoms. The minimum atomic E-state index is 0.225. The molecule has 5 rings (SSSR count). The summed E-state index contributed by atoms with van der Waals surface area (Å²) in [4.78, 5) is 18.2. The zero-order valence-corrected chi connectivity index (χ0v) is 16.2. The molecule has 1 saturated heterocycles. The lowest BCUT2D eigenvalue weighted by atomic mass is 9.95. The molecule has 0 bridgehead atoms. The smallest absolute Gasteiger partial charge is 0.227 e. The maximum absolute atomic E-state index is 12.9. The number of carbonyl (C=O) groups excluding carboxylic acids is 1. The summed E-state index contributed by atoms with van der Waals surface area (Å²) in [7, 11) is 0. The fourth-order valence-corrected chi connectivity index (χ4v) is 4.75. The summed E-state index contributed by atoms with van der Waals surface area (Å²) in [6, 6.07) is 8.17. The van der Waals surface area contributed by atoms with Gasteiger partial charge in [0.15, 0.2) is 0 Å². The standard InChI is InChI=1S/C22H27N5O/c28-21(14-17-15-23-19-7-4-3-6-18(17)19)26-12-9-16(10-13-26)22-25-24-20-8-2-1-5-11-27(20)22/h3-4,6-7,15-16,23H,1-2,5,8-14H2. The van der Waals surface area contributed by atoms with Crippen LogP contribution in [0.3, 0.4) is 0 Å². The van der Waals surface area contributed by atoms with Crippen LogP contribution in [0.25, 0.3) is 10.9 Å². The molecule has 6 heteroatoms. The van der Waals surface area contributed by atoms with Crippen LogP contribution in [0.5, 0.6) is 0 Å². The average Bonchev–Trinajstić information content (AvgIpc) is 3.25. The van der Waals surface area contributed by atoms with Crippen molar-refractivity contribution in [2.45, 2.75) is 57.4 Å². The van der Waals surface area contributed by atoms with E-state index in [2.05, 4.69) is 31.9 Å². The van der Waals surface area contributed by atoms with Gasteiger partial charge in [-0.05, 0) is 37.3 Å². The van der Waals surface area contributed by atoms with E-state index in [4.69, 9.17) is 0 Å². The fraction of sp³-hybridized carbons (Fsp3) is 0.500. The van der Waals surface area contributed by atoms with Crippen molar-refractivity contribution in [1.29, 1.82) is 0 Å². The summed E-state index contributed by atoms with van der Waals surface area (Å²) in [5.41, 5.74) is 2.18. The van der Waals surface area contributed by atoms with Gasteiger partial charge in [-0.1, -0.05) is 24.6 Å². The molecule has 4 heterocycles. The number of benzene rings is 1. The molecule has 0 unspecified atom stereocenters. The molecule has 0 radical (unpaired) electrons. The highest BCUT2D eigenvalue weighted by atomic mass is 16.2. The van der Waals surface area contributed by atoms with E-state index in [9.17, 15) is 4.79 Å². The Bertz CT molecular complexity index is 980. The predicted molar refractivity (Wildman–Crippen MR) is 108 cm³/mol. The third-order valence-electron chi connectivity index (χ3n) is 6.37. The number of fused-ring (bicyclic) bond motifs is 2. The molecule has 6 nitrogen and oxygen atoms in total. The second-order valence-corrected chi connectivity index (χ2v) is 8.13. The van der Waals surface area contributed by atoms with Gasteiger partial charge in [0, 0.05) is 49.1 Å². The van der Waals surface area contributed by atoms with Crippen LogP contribution in [-0.4, -0.2) is 43.6 Å². The number of hydrogen-bond donors (Lipinski definition) is 1. The summed E-state index contributed by atoms with van der Waals surface area (Å²) in [6.07, 6.45) is 9.18. The fourth-order valence-electron chi connectivity index (χ4n) is 4.75. The first-order valence-electron chi connectivity index (χ1n) is 10.5. The van der Waals surface area contributed by atoms with Crippen LogP contribution in [-0.2, 0) is 24.2 Å². The van der Waals surface area contributed by atoms with Crippen LogP contribution in [0.2, 0.25) is 0 Å². The van der Waals surface area contributed by atoms with Gasteiger partial charge >= 0.3 is 0 Å². The molecule has 2 aliphatic rings. The van der Waals surface area contributed by atoms with Crippen molar-refractivity contribution in [3.05, 3.63) is 47.7 Å². The molecule has 1 amide bonds. The Morgan fingerprint density at radius 1 is 1.07 bits per heavy atom. The molecule has 0 saturated carbocycles. The number of amides is 1. The van der Waals surface area contributed by atoms with Gasteiger partial charge in [-0.2, -0.15) is 0 Å². The van der Waals surface area contributed by atoms with Crippen molar-refractivity contribution in [2.24, 2.45) is 0 Å². The summed E-state index contributed by atoms with van der Waals surface area (Å²) in [5, 5.41) is 10.1. The Labute approximate surface area is 164 Å². The van der Waals surface area contributed by atoms with E-state index in [0.29, 0.717) is 12.3 Å². The number of rotatable bonds is 3. The highest BCUT2D eigenvalue weighted by Gasteiger charge is 2.28. The summed E-state index contributed by atoms with van der Waals surface area (Å²) in [5.74, 6) is 2.96. The molecule has 1 aromatic carbocycles. The number of likely N-dealkylation sites (tertiary alicyclic amines) is 1. The normalized spacial score (nSPS) is 18.2. The number of H-pyrrole nitrogens is 1. The molecule has 0 aliphatic carbocycles. The maximum Gasteiger partial charge on any atom is 0.227 e. The van der Waals surface area contributed by atoms with E-state index < -0.39 is 0 Å². The molecule has 2 aliphatic heterocycles. The van der Waals surface area contributed by atoms with Crippen LogP contribution >= 0.6 is 0 Å². The summed E-state index contributed by atoms with van der Waals surface area (Å²) >= 11 is 0. The van der Waals surface area contributed by atoms with Gasteiger partial charge in [0.2, 0.25) is 5.91 Å². The van der Waals surface area contributed by atoms with Crippen molar-refractivity contribution < 1.29 is 4.79 Å².